The van der Waals surface area contributed by atoms with Gasteiger partial charge in [-0.2, -0.15) is 0 Å². The lowest BCUT2D eigenvalue weighted by Gasteiger charge is -2.16. The third-order valence-corrected chi connectivity index (χ3v) is 6.69. The standard InChI is InChI=1S/C19H21NO6S/c1-12-10-15(20(21)22)11-13(2)18(12)26-16-6-8-17(9-7-16)27(23,24)19(25-3)14-4-5-14/h6-11,14,19H,4-5H2,1-3H3. The number of non-ortho nitro benzene ring substituents is 1. The van der Waals surface area contributed by atoms with Crippen LogP contribution < -0.4 is 4.74 Å². The fourth-order valence-corrected chi connectivity index (χ4v) is 4.90. The molecule has 0 amide bonds. The lowest BCUT2D eigenvalue weighted by atomic mass is 10.1. The van der Waals surface area contributed by atoms with Gasteiger partial charge in [0, 0.05) is 19.2 Å². The van der Waals surface area contributed by atoms with E-state index in [0.29, 0.717) is 22.6 Å². The number of ether oxygens (including phenoxy) is 2. The smallest absolute Gasteiger partial charge is 0.270 e. The lowest BCUT2D eigenvalue weighted by Crippen LogP contribution is -2.25. The van der Waals surface area contributed by atoms with E-state index in [1.54, 1.807) is 26.0 Å². The summed E-state index contributed by atoms with van der Waals surface area (Å²) in [6.45, 7) is 3.46. The summed E-state index contributed by atoms with van der Waals surface area (Å²) in [6, 6.07) is 9.03. The zero-order valence-electron chi connectivity index (χ0n) is 15.3. The number of nitrogens with zero attached hydrogens (tertiary/aromatic N) is 1. The Bertz CT molecular complexity index is 941. The number of aryl methyl sites for hydroxylation is 2. The molecular formula is C19H21NO6S. The second kappa shape index (κ2) is 7.28. The predicted octanol–water partition coefficient (Wildman–Crippen LogP) is 4.16. The molecular weight excluding hydrogens is 370 g/mol. The highest BCUT2D eigenvalue weighted by molar-refractivity contribution is 7.92. The van der Waals surface area contributed by atoms with Crippen LogP contribution in [-0.2, 0) is 14.6 Å². The lowest BCUT2D eigenvalue weighted by molar-refractivity contribution is -0.385. The Morgan fingerprint density at radius 3 is 2.11 bits per heavy atom. The number of benzene rings is 2. The Balaban J connectivity index is 1.83. The van der Waals surface area contributed by atoms with E-state index in [1.165, 1.54) is 31.4 Å². The number of sulfone groups is 1. The summed E-state index contributed by atoms with van der Waals surface area (Å²) in [5, 5.41) is 10.9. The van der Waals surface area contributed by atoms with Crippen LogP contribution in [0.2, 0.25) is 0 Å². The van der Waals surface area contributed by atoms with Crippen molar-refractivity contribution < 1.29 is 22.8 Å². The van der Waals surface area contributed by atoms with Crippen LogP contribution in [0.5, 0.6) is 11.5 Å². The van der Waals surface area contributed by atoms with E-state index in [2.05, 4.69) is 0 Å². The quantitative estimate of drug-likeness (QED) is 0.519. The molecule has 0 saturated heterocycles. The van der Waals surface area contributed by atoms with Gasteiger partial charge >= 0.3 is 0 Å². The maximum Gasteiger partial charge on any atom is 0.270 e. The maximum absolute atomic E-state index is 12.7. The molecule has 1 atom stereocenters. The fourth-order valence-electron chi connectivity index (χ4n) is 3.08. The first-order valence-electron chi connectivity index (χ1n) is 8.54. The van der Waals surface area contributed by atoms with Gasteiger partial charge in [-0.15, -0.1) is 0 Å². The van der Waals surface area contributed by atoms with Crippen LogP contribution in [0, 0.1) is 29.9 Å². The van der Waals surface area contributed by atoms with Gasteiger partial charge in [-0.3, -0.25) is 10.1 Å². The summed E-state index contributed by atoms with van der Waals surface area (Å²) in [6.07, 6.45) is 1.72. The molecule has 27 heavy (non-hydrogen) atoms. The van der Waals surface area contributed by atoms with E-state index in [-0.39, 0.29) is 16.5 Å². The molecule has 2 aromatic rings. The molecule has 0 aliphatic heterocycles. The minimum absolute atomic E-state index is 0.00414. The van der Waals surface area contributed by atoms with Crippen LogP contribution in [-0.4, -0.2) is 25.9 Å². The summed E-state index contributed by atoms with van der Waals surface area (Å²) >= 11 is 0. The van der Waals surface area contributed by atoms with Crippen molar-refractivity contribution in [1.29, 1.82) is 0 Å². The number of nitro groups is 1. The number of hydrogen-bond donors (Lipinski definition) is 0. The van der Waals surface area contributed by atoms with Gasteiger partial charge in [0.1, 0.15) is 11.5 Å². The molecule has 1 fully saturated rings. The van der Waals surface area contributed by atoms with E-state index in [0.717, 1.165) is 12.8 Å². The number of methoxy groups -OCH3 is 1. The van der Waals surface area contributed by atoms with Gasteiger partial charge in [0.05, 0.1) is 9.82 Å². The van der Waals surface area contributed by atoms with Crippen LogP contribution in [0.15, 0.2) is 41.3 Å². The molecule has 0 aromatic heterocycles. The molecule has 144 valence electrons. The van der Waals surface area contributed by atoms with Crippen LogP contribution in [0.4, 0.5) is 5.69 Å². The second-order valence-corrected chi connectivity index (χ2v) is 8.75. The first-order valence-corrected chi connectivity index (χ1v) is 10.1. The zero-order chi connectivity index (χ0) is 19.8. The monoisotopic (exact) mass is 391 g/mol. The summed E-state index contributed by atoms with van der Waals surface area (Å²) in [7, 11) is -2.15. The third-order valence-electron chi connectivity index (χ3n) is 4.57. The van der Waals surface area contributed by atoms with E-state index in [1.807, 2.05) is 0 Å². The molecule has 1 aliphatic rings. The SMILES string of the molecule is COC(C1CC1)S(=O)(=O)c1ccc(Oc2c(C)cc([N+](=O)[O-])cc2C)cc1. The average Bonchev–Trinajstić information content (AvgIpc) is 3.43. The molecule has 1 unspecified atom stereocenters. The van der Waals surface area contributed by atoms with Crippen molar-refractivity contribution in [2.45, 2.75) is 37.0 Å². The minimum Gasteiger partial charge on any atom is -0.457 e. The highest BCUT2D eigenvalue weighted by Gasteiger charge is 2.41. The van der Waals surface area contributed by atoms with Crippen LogP contribution in [0.25, 0.3) is 0 Å². The van der Waals surface area contributed by atoms with E-state index in [9.17, 15) is 18.5 Å². The molecule has 8 heteroatoms. The molecule has 0 spiro atoms. The zero-order valence-corrected chi connectivity index (χ0v) is 16.2. The Morgan fingerprint density at radius 2 is 1.67 bits per heavy atom. The van der Waals surface area contributed by atoms with Crippen LogP contribution in [0.1, 0.15) is 24.0 Å². The average molecular weight is 391 g/mol. The van der Waals surface area contributed by atoms with Crippen molar-refractivity contribution in [2.75, 3.05) is 7.11 Å². The van der Waals surface area contributed by atoms with E-state index >= 15 is 0 Å². The predicted molar refractivity (Wildman–Crippen MR) is 99.8 cm³/mol. The van der Waals surface area contributed by atoms with Gasteiger partial charge in [0.2, 0.25) is 9.84 Å². The molecule has 0 radical (unpaired) electrons. The number of hydrogen-bond acceptors (Lipinski definition) is 6. The van der Waals surface area contributed by atoms with Gasteiger partial charge in [-0.25, -0.2) is 8.42 Å². The van der Waals surface area contributed by atoms with Gasteiger partial charge in [0.15, 0.2) is 5.44 Å². The normalized spacial score (nSPS) is 15.4. The van der Waals surface area contributed by atoms with Gasteiger partial charge < -0.3 is 9.47 Å². The molecule has 2 aromatic carbocycles. The van der Waals surface area contributed by atoms with Gasteiger partial charge in [-0.05, 0) is 68.0 Å². The van der Waals surface area contributed by atoms with Crippen molar-refractivity contribution in [3.05, 3.63) is 57.6 Å². The molecule has 1 saturated carbocycles. The van der Waals surface area contributed by atoms with Crippen molar-refractivity contribution in [3.8, 4) is 11.5 Å². The minimum atomic E-state index is -3.56. The molecule has 0 heterocycles. The highest BCUT2D eigenvalue weighted by Crippen LogP contribution is 2.39. The summed E-state index contributed by atoms with van der Waals surface area (Å²) in [5.41, 5.74) is 0.450. The Hall–Kier alpha value is -2.45. The maximum atomic E-state index is 12.7. The Morgan fingerprint density at radius 1 is 1.11 bits per heavy atom. The number of nitro benzene ring substituents is 1. The molecule has 0 bridgehead atoms. The van der Waals surface area contributed by atoms with E-state index < -0.39 is 20.2 Å². The first-order chi connectivity index (χ1) is 12.7. The summed E-state index contributed by atoms with van der Waals surface area (Å²) in [5.74, 6) is 1.03. The molecule has 1 aliphatic carbocycles. The van der Waals surface area contributed by atoms with Crippen molar-refractivity contribution in [3.63, 3.8) is 0 Å². The van der Waals surface area contributed by atoms with Crippen LogP contribution in [0.3, 0.4) is 0 Å². The van der Waals surface area contributed by atoms with Crippen molar-refractivity contribution in [1.82, 2.24) is 0 Å². The van der Waals surface area contributed by atoms with Crippen LogP contribution >= 0.6 is 0 Å². The van der Waals surface area contributed by atoms with Crippen molar-refractivity contribution in [2.24, 2.45) is 5.92 Å². The van der Waals surface area contributed by atoms with Gasteiger partial charge in [-0.1, -0.05) is 0 Å². The van der Waals surface area contributed by atoms with E-state index in [4.69, 9.17) is 9.47 Å². The molecule has 7 nitrogen and oxygen atoms in total. The Labute approximate surface area is 158 Å². The largest absolute Gasteiger partial charge is 0.457 e. The first kappa shape index (κ1) is 19.3. The second-order valence-electron chi connectivity index (χ2n) is 6.73. The number of rotatable bonds is 7. The fraction of sp³-hybridized carbons (Fsp3) is 0.368. The topological polar surface area (TPSA) is 95.7 Å². The summed E-state index contributed by atoms with van der Waals surface area (Å²) < 4.78 is 36.4. The molecule has 0 N–H and O–H groups in total. The van der Waals surface area contributed by atoms with Crippen molar-refractivity contribution >= 4 is 15.5 Å². The molecule has 3 rings (SSSR count). The van der Waals surface area contributed by atoms with Gasteiger partial charge in [0.25, 0.3) is 5.69 Å². The highest BCUT2D eigenvalue weighted by atomic mass is 32.2. The summed E-state index contributed by atoms with van der Waals surface area (Å²) in [4.78, 5) is 10.7. The Kier molecular flexibility index (Phi) is 5.21. The third kappa shape index (κ3) is 3.96.